The Morgan fingerprint density at radius 3 is 2.67 bits per heavy atom. The Bertz CT molecular complexity index is 684. The third kappa shape index (κ3) is 3.00. The molecule has 0 fully saturated rings. The second-order valence-electron chi connectivity index (χ2n) is 4.79. The van der Waals surface area contributed by atoms with E-state index in [1.54, 1.807) is 11.8 Å². The van der Waals surface area contributed by atoms with Crippen LogP contribution in [0.4, 0.5) is 11.8 Å². The van der Waals surface area contributed by atoms with Crippen LogP contribution < -0.4 is 10.7 Å². The van der Waals surface area contributed by atoms with E-state index < -0.39 is 0 Å². The maximum Gasteiger partial charge on any atom is 0.222 e. The van der Waals surface area contributed by atoms with Gasteiger partial charge in [-0.25, -0.2) is 4.98 Å². The SMILES string of the molecule is CCc1c(C)nc(N)nc1N1N=C1SCc1ccccc1. The maximum atomic E-state index is 5.75. The van der Waals surface area contributed by atoms with Crippen LogP contribution in [0.25, 0.3) is 0 Å². The van der Waals surface area contributed by atoms with Crippen LogP contribution in [-0.4, -0.2) is 15.1 Å². The number of rotatable bonds is 4. The first-order valence-corrected chi connectivity index (χ1v) is 7.86. The summed E-state index contributed by atoms with van der Waals surface area (Å²) in [6.07, 6.45) is 0.865. The van der Waals surface area contributed by atoms with Crippen molar-refractivity contribution in [2.24, 2.45) is 5.10 Å². The van der Waals surface area contributed by atoms with Gasteiger partial charge >= 0.3 is 0 Å². The molecular formula is C15H17N5S. The fourth-order valence-electron chi connectivity index (χ4n) is 2.20. The average Bonchev–Trinajstić information content (AvgIpc) is 3.25. The van der Waals surface area contributed by atoms with E-state index in [4.69, 9.17) is 5.73 Å². The van der Waals surface area contributed by atoms with Gasteiger partial charge in [0.1, 0.15) is 0 Å². The lowest BCUT2D eigenvalue weighted by molar-refractivity contribution is 0.990. The lowest BCUT2D eigenvalue weighted by atomic mass is 10.2. The fourth-order valence-corrected chi connectivity index (χ4v) is 3.04. The highest BCUT2D eigenvalue weighted by molar-refractivity contribution is 8.14. The van der Waals surface area contributed by atoms with Crippen molar-refractivity contribution >= 4 is 28.7 Å². The molecule has 0 spiro atoms. The number of aryl methyl sites for hydroxylation is 1. The van der Waals surface area contributed by atoms with Crippen LogP contribution in [-0.2, 0) is 12.2 Å². The normalized spacial score (nSPS) is 13.2. The minimum Gasteiger partial charge on any atom is -0.368 e. The third-order valence-corrected chi connectivity index (χ3v) is 4.29. The van der Waals surface area contributed by atoms with E-state index in [9.17, 15) is 0 Å². The molecule has 0 unspecified atom stereocenters. The Labute approximate surface area is 128 Å². The molecule has 21 heavy (non-hydrogen) atoms. The van der Waals surface area contributed by atoms with Gasteiger partial charge in [0.25, 0.3) is 0 Å². The van der Waals surface area contributed by atoms with Crippen molar-refractivity contribution in [2.45, 2.75) is 26.0 Å². The lowest BCUT2D eigenvalue weighted by Gasteiger charge is -2.10. The third-order valence-electron chi connectivity index (χ3n) is 3.30. The van der Waals surface area contributed by atoms with Crippen molar-refractivity contribution in [1.82, 2.24) is 9.97 Å². The van der Waals surface area contributed by atoms with Crippen LogP contribution in [0, 0.1) is 6.92 Å². The molecule has 6 heteroatoms. The van der Waals surface area contributed by atoms with Gasteiger partial charge in [-0.15, -0.1) is 5.10 Å². The number of hydrogen-bond acceptors (Lipinski definition) is 6. The van der Waals surface area contributed by atoms with E-state index in [0.717, 1.165) is 34.4 Å². The van der Waals surface area contributed by atoms with Gasteiger partial charge in [-0.3, -0.25) is 0 Å². The van der Waals surface area contributed by atoms with Gasteiger partial charge in [-0.1, -0.05) is 49.0 Å². The molecule has 1 aliphatic heterocycles. The Balaban J connectivity index is 1.69. The number of aromatic nitrogens is 2. The molecule has 0 amide bonds. The summed E-state index contributed by atoms with van der Waals surface area (Å²) in [7, 11) is 0. The van der Waals surface area contributed by atoms with E-state index in [-0.39, 0.29) is 0 Å². The first-order chi connectivity index (χ1) is 10.2. The minimum atomic E-state index is 0.300. The molecule has 0 atom stereocenters. The highest BCUT2D eigenvalue weighted by Crippen LogP contribution is 2.33. The van der Waals surface area contributed by atoms with Gasteiger partial charge in [0, 0.05) is 17.0 Å². The van der Waals surface area contributed by atoms with E-state index >= 15 is 0 Å². The number of anilines is 2. The van der Waals surface area contributed by atoms with Gasteiger partial charge in [0.2, 0.25) is 11.1 Å². The average molecular weight is 299 g/mol. The first kappa shape index (κ1) is 13.9. The Kier molecular flexibility index (Phi) is 3.79. The summed E-state index contributed by atoms with van der Waals surface area (Å²) >= 11 is 1.70. The summed E-state index contributed by atoms with van der Waals surface area (Å²) in [6, 6.07) is 10.3. The minimum absolute atomic E-state index is 0.300. The van der Waals surface area contributed by atoms with Gasteiger partial charge in [-0.2, -0.15) is 9.99 Å². The monoisotopic (exact) mass is 299 g/mol. The van der Waals surface area contributed by atoms with Crippen LogP contribution in [0.15, 0.2) is 35.4 Å². The summed E-state index contributed by atoms with van der Waals surface area (Å²) in [5, 5.41) is 7.23. The molecule has 108 valence electrons. The van der Waals surface area contributed by atoms with Gasteiger partial charge in [-0.05, 0) is 18.9 Å². The summed E-state index contributed by atoms with van der Waals surface area (Å²) in [6.45, 7) is 4.05. The molecule has 5 nitrogen and oxygen atoms in total. The Hall–Kier alpha value is -2.08. The van der Waals surface area contributed by atoms with Crippen LogP contribution in [0.3, 0.4) is 0 Å². The van der Waals surface area contributed by atoms with Crippen molar-refractivity contribution in [2.75, 3.05) is 10.7 Å². The van der Waals surface area contributed by atoms with E-state index in [1.165, 1.54) is 5.56 Å². The molecule has 2 aromatic rings. The predicted molar refractivity (Wildman–Crippen MR) is 88.2 cm³/mol. The molecule has 0 saturated heterocycles. The van der Waals surface area contributed by atoms with Gasteiger partial charge < -0.3 is 5.73 Å². The smallest absolute Gasteiger partial charge is 0.222 e. The van der Waals surface area contributed by atoms with Gasteiger partial charge in [0.05, 0.1) is 0 Å². The molecule has 0 aliphatic carbocycles. The van der Waals surface area contributed by atoms with E-state index in [0.29, 0.717) is 5.95 Å². The number of hydrogen-bond donors (Lipinski definition) is 1. The molecule has 2 heterocycles. The number of nitrogens with zero attached hydrogens (tertiary/aromatic N) is 4. The first-order valence-electron chi connectivity index (χ1n) is 6.87. The summed E-state index contributed by atoms with van der Waals surface area (Å²) in [5.41, 5.74) is 9.06. The summed E-state index contributed by atoms with van der Waals surface area (Å²) in [5.74, 6) is 2.02. The summed E-state index contributed by atoms with van der Waals surface area (Å²) in [4.78, 5) is 8.55. The van der Waals surface area contributed by atoms with Crippen molar-refractivity contribution in [1.29, 1.82) is 0 Å². The second-order valence-corrected chi connectivity index (χ2v) is 5.73. The number of nitrogens with two attached hydrogens (primary N) is 1. The molecule has 0 radical (unpaired) electrons. The Morgan fingerprint density at radius 2 is 1.95 bits per heavy atom. The van der Waals surface area contributed by atoms with Crippen LogP contribution in [0.5, 0.6) is 0 Å². The van der Waals surface area contributed by atoms with Crippen molar-refractivity contribution in [3.63, 3.8) is 0 Å². The number of benzene rings is 1. The van der Waals surface area contributed by atoms with Gasteiger partial charge in [0.15, 0.2) is 5.82 Å². The zero-order valence-corrected chi connectivity index (χ0v) is 12.9. The number of hydrazone groups is 1. The lowest BCUT2D eigenvalue weighted by Crippen LogP contribution is -2.11. The molecule has 1 aliphatic rings. The molecule has 1 aromatic heterocycles. The topological polar surface area (TPSA) is 67.2 Å². The highest BCUT2D eigenvalue weighted by Gasteiger charge is 2.30. The fraction of sp³-hybridized carbons (Fsp3) is 0.267. The highest BCUT2D eigenvalue weighted by atomic mass is 32.2. The molecular weight excluding hydrogens is 282 g/mol. The molecule has 3 rings (SSSR count). The molecule has 0 saturated carbocycles. The van der Waals surface area contributed by atoms with Crippen molar-refractivity contribution in [3.05, 3.63) is 47.2 Å². The predicted octanol–water partition coefficient (Wildman–Crippen LogP) is 2.95. The zero-order chi connectivity index (χ0) is 14.8. The quantitative estimate of drug-likeness (QED) is 0.940. The van der Waals surface area contributed by atoms with Crippen molar-refractivity contribution in [3.8, 4) is 0 Å². The molecule has 2 N–H and O–H groups in total. The molecule has 1 aromatic carbocycles. The number of nitrogen functional groups attached to an aromatic ring is 1. The van der Waals surface area contributed by atoms with Crippen LogP contribution >= 0.6 is 11.8 Å². The van der Waals surface area contributed by atoms with Crippen molar-refractivity contribution < 1.29 is 0 Å². The van der Waals surface area contributed by atoms with Crippen LogP contribution in [0.1, 0.15) is 23.7 Å². The van der Waals surface area contributed by atoms with E-state index in [1.807, 2.05) is 30.1 Å². The van der Waals surface area contributed by atoms with Crippen LogP contribution in [0.2, 0.25) is 0 Å². The maximum absolute atomic E-state index is 5.75. The number of amidine groups is 1. The Morgan fingerprint density at radius 1 is 1.19 bits per heavy atom. The zero-order valence-electron chi connectivity index (χ0n) is 12.1. The largest absolute Gasteiger partial charge is 0.368 e. The molecule has 0 bridgehead atoms. The summed E-state index contributed by atoms with van der Waals surface area (Å²) < 4.78 is 0. The number of thioether (sulfide) groups is 1. The van der Waals surface area contributed by atoms with E-state index in [2.05, 4.69) is 34.1 Å². The second kappa shape index (κ2) is 5.73. The standard InChI is InChI=1S/C15H17N5S/c1-3-12-10(2)17-14(16)18-13(12)20-15(19-20)21-9-11-7-5-4-6-8-11/h4-8H,3,9H2,1-2H3,(H2,16,17,18).